The average Bonchev–Trinajstić information content (AvgIpc) is 2.76. The van der Waals surface area contributed by atoms with Gasteiger partial charge in [0.2, 0.25) is 0 Å². The average molecular weight is 429 g/mol. The predicted molar refractivity (Wildman–Crippen MR) is 128 cm³/mol. The van der Waals surface area contributed by atoms with Crippen molar-refractivity contribution >= 4 is 0 Å². The Morgan fingerprint density at radius 1 is 0.600 bits per heavy atom. The first-order chi connectivity index (χ1) is 14.8. The Morgan fingerprint density at radius 2 is 1.13 bits per heavy atom. The fourth-order valence-electron chi connectivity index (χ4n) is 3.17. The lowest BCUT2D eigenvalue weighted by atomic mass is 10.1. The number of allylic oxidation sites excluding steroid dienone is 1. The molecular formula is C26H52O4. The zero-order chi connectivity index (χ0) is 22.0. The summed E-state index contributed by atoms with van der Waals surface area (Å²) in [6.45, 7) is 9.39. The monoisotopic (exact) mass is 428 g/mol. The van der Waals surface area contributed by atoms with E-state index < -0.39 is 0 Å². The molecule has 0 bridgehead atoms. The first kappa shape index (κ1) is 29.4. The van der Waals surface area contributed by atoms with Crippen LogP contribution >= 0.6 is 0 Å². The quantitative estimate of drug-likeness (QED) is 0.0835. The summed E-state index contributed by atoms with van der Waals surface area (Å²) in [5.74, 6) is 0. The molecule has 0 aromatic rings. The molecule has 4 heteroatoms. The van der Waals surface area contributed by atoms with Crippen molar-refractivity contribution in [3.63, 3.8) is 0 Å². The molecule has 0 aromatic carbocycles. The normalized spacial score (nSPS) is 11.7. The first-order valence-electron chi connectivity index (χ1n) is 12.9. The Morgan fingerprint density at radius 3 is 1.70 bits per heavy atom. The highest BCUT2D eigenvalue weighted by Gasteiger charge is 2.08. The molecule has 0 fully saturated rings. The van der Waals surface area contributed by atoms with Crippen molar-refractivity contribution in [2.24, 2.45) is 0 Å². The van der Waals surface area contributed by atoms with Crippen LogP contribution in [0.4, 0.5) is 0 Å². The molecule has 0 saturated heterocycles. The van der Waals surface area contributed by atoms with Crippen LogP contribution < -0.4 is 0 Å². The van der Waals surface area contributed by atoms with Crippen LogP contribution in [0.2, 0.25) is 0 Å². The molecule has 0 heterocycles. The van der Waals surface area contributed by atoms with Gasteiger partial charge in [0.05, 0.1) is 12.9 Å². The van der Waals surface area contributed by atoms with Crippen LogP contribution in [0, 0.1) is 0 Å². The lowest BCUT2D eigenvalue weighted by Gasteiger charge is -2.18. The van der Waals surface area contributed by atoms with Gasteiger partial charge in [0.15, 0.2) is 13.1 Å². The molecule has 0 radical (unpaired) electrons. The lowest BCUT2D eigenvalue weighted by Crippen LogP contribution is -2.18. The van der Waals surface area contributed by atoms with E-state index in [2.05, 4.69) is 20.8 Å². The van der Waals surface area contributed by atoms with Crippen LogP contribution in [0.1, 0.15) is 124 Å². The van der Waals surface area contributed by atoms with Gasteiger partial charge in [0.25, 0.3) is 0 Å². The van der Waals surface area contributed by atoms with E-state index in [1.165, 1.54) is 64.2 Å². The molecule has 0 spiro atoms. The fraction of sp³-hybridized carbons (Fsp3) is 0.923. The summed E-state index contributed by atoms with van der Waals surface area (Å²) >= 11 is 0. The minimum atomic E-state index is -0.0956. The Balaban J connectivity index is 3.90. The number of ether oxygens (including phenoxy) is 4. The Kier molecular flexibility index (Phi) is 25.9. The van der Waals surface area contributed by atoms with Crippen molar-refractivity contribution < 1.29 is 18.9 Å². The fourth-order valence-corrected chi connectivity index (χ4v) is 3.17. The summed E-state index contributed by atoms with van der Waals surface area (Å²) in [6, 6.07) is 0. The topological polar surface area (TPSA) is 36.9 Å². The van der Waals surface area contributed by atoms with Gasteiger partial charge in [-0.25, -0.2) is 0 Å². The van der Waals surface area contributed by atoms with Crippen LogP contribution in [0.25, 0.3) is 0 Å². The molecule has 0 aliphatic carbocycles. The lowest BCUT2D eigenvalue weighted by molar-refractivity contribution is -0.146. The molecule has 0 aromatic heterocycles. The van der Waals surface area contributed by atoms with Gasteiger partial charge in [-0.3, -0.25) is 0 Å². The molecular weight excluding hydrogens is 376 g/mol. The van der Waals surface area contributed by atoms with Gasteiger partial charge in [0, 0.05) is 19.6 Å². The molecule has 0 atom stereocenters. The largest absolute Gasteiger partial charge is 0.475 e. The third-order valence-electron chi connectivity index (χ3n) is 5.16. The maximum Gasteiger partial charge on any atom is 0.188 e. The summed E-state index contributed by atoms with van der Waals surface area (Å²) in [6.07, 6.45) is 23.1. The number of rotatable bonds is 25. The SMILES string of the molecule is CCCCCCCCOC(CCC=COCOCCCC)OCCCCCCCC. The minimum Gasteiger partial charge on any atom is -0.475 e. The van der Waals surface area contributed by atoms with Crippen LogP contribution in [0.3, 0.4) is 0 Å². The Bertz CT molecular complexity index is 315. The van der Waals surface area contributed by atoms with E-state index in [9.17, 15) is 0 Å². The van der Waals surface area contributed by atoms with Gasteiger partial charge in [-0.05, 0) is 31.8 Å². The second-order valence-corrected chi connectivity index (χ2v) is 8.20. The first-order valence-corrected chi connectivity index (χ1v) is 12.9. The maximum atomic E-state index is 6.04. The standard InChI is InChI=1S/C26H52O4/c1-4-7-10-12-14-17-23-29-26(30-24-18-15-13-11-8-5-2)20-16-19-22-28-25-27-21-9-6-3/h19,22,26H,4-18,20-21,23-25H2,1-3H3. The summed E-state index contributed by atoms with van der Waals surface area (Å²) in [7, 11) is 0. The molecule has 0 amide bonds. The van der Waals surface area contributed by atoms with Gasteiger partial charge in [-0.15, -0.1) is 0 Å². The van der Waals surface area contributed by atoms with Gasteiger partial charge < -0.3 is 18.9 Å². The molecule has 0 saturated carbocycles. The summed E-state index contributed by atoms with van der Waals surface area (Å²) in [5.41, 5.74) is 0. The zero-order valence-electron chi connectivity index (χ0n) is 20.5. The third kappa shape index (κ3) is 23.7. The predicted octanol–water partition coefficient (Wildman–Crippen LogP) is 8.15. The van der Waals surface area contributed by atoms with Crippen molar-refractivity contribution in [2.75, 3.05) is 26.6 Å². The highest BCUT2D eigenvalue weighted by atomic mass is 16.7. The van der Waals surface area contributed by atoms with Crippen molar-refractivity contribution in [1.29, 1.82) is 0 Å². The van der Waals surface area contributed by atoms with E-state index in [0.717, 1.165) is 58.3 Å². The number of unbranched alkanes of at least 4 members (excludes halogenated alkanes) is 11. The van der Waals surface area contributed by atoms with Crippen molar-refractivity contribution in [1.82, 2.24) is 0 Å². The van der Waals surface area contributed by atoms with Gasteiger partial charge >= 0.3 is 0 Å². The van der Waals surface area contributed by atoms with Crippen LogP contribution in [0.5, 0.6) is 0 Å². The maximum absolute atomic E-state index is 6.04. The minimum absolute atomic E-state index is 0.0956. The van der Waals surface area contributed by atoms with E-state index in [1.807, 2.05) is 6.08 Å². The van der Waals surface area contributed by atoms with E-state index in [-0.39, 0.29) is 6.29 Å². The van der Waals surface area contributed by atoms with E-state index in [4.69, 9.17) is 18.9 Å². The molecule has 0 aliphatic heterocycles. The molecule has 0 N–H and O–H groups in total. The van der Waals surface area contributed by atoms with E-state index in [0.29, 0.717) is 6.79 Å². The molecule has 0 unspecified atom stereocenters. The van der Waals surface area contributed by atoms with Crippen molar-refractivity contribution in [3.8, 4) is 0 Å². The van der Waals surface area contributed by atoms with Crippen molar-refractivity contribution in [3.05, 3.63) is 12.3 Å². The molecule has 180 valence electrons. The van der Waals surface area contributed by atoms with Crippen LogP contribution in [-0.2, 0) is 18.9 Å². The second kappa shape index (κ2) is 26.5. The zero-order valence-corrected chi connectivity index (χ0v) is 20.5. The Hall–Kier alpha value is -0.580. The molecule has 4 nitrogen and oxygen atoms in total. The van der Waals surface area contributed by atoms with Crippen LogP contribution in [-0.4, -0.2) is 32.9 Å². The van der Waals surface area contributed by atoms with E-state index in [1.54, 1.807) is 6.26 Å². The smallest absolute Gasteiger partial charge is 0.188 e. The molecule has 30 heavy (non-hydrogen) atoms. The van der Waals surface area contributed by atoms with Crippen LogP contribution in [0.15, 0.2) is 12.3 Å². The summed E-state index contributed by atoms with van der Waals surface area (Å²) in [5, 5.41) is 0. The molecule has 0 rings (SSSR count). The third-order valence-corrected chi connectivity index (χ3v) is 5.16. The highest BCUT2D eigenvalue weighted by molar-refractivity contribution is 4.73. The highest BCUT2D eigenvalue weighted by Crippen LogP contribution is 2.11. The van der Waals surface area contributed by atoms with E-state index >= 15 is 0 Å². The summed E-state index contributed by atoms with van der Waals surface area (Å²) < 4.78 is 22.8. The second-order valence-electron chi connectivity index (χ2n) is 8.20. The van der Waals surface area contributed by atoms with Gasteiger partial charge in [-0.1, -0.05) is 91.4 Å². The number of hydrogen-bond donors (Lipinski definition) is 0. The Labute approximate surface area is 188 Å². The summed E-state index contributed by atoms with van der Waals surface area (Å²) in [4.78, 5) is 0. The van der Waals surface area contributed by atoms with Gasteiger partial charge in [-0.2, -0.15) is 0 Å². The number of hydrogen-bond acceptors (Lipinski definition) is 4. The molecule has 0 aliphatic rings. The van der Waals surface area contributed by atoms with Crippen molar-refractivity contribution in [2.45, 2.75) is 130 Å². The van der Waals surface area contributed by atoms with Gasteiger partial charge in [0.1, 0.15) is 0 Å².